The van der Waals surface area contributed by atoms with Crippen LogP contribution in [0.3, 0.4) is 0 Å². The summed E-state index contributed by atoms with van der Waals surface area (Å²) in [5, 5.41) is 3.79. The number of hydrogen-bond donors (Lipinski definition) is 1. The monoisotopic (exact) mass is 268 g/mol. The first-order valence-electron chi connectivity index (χ1n) is 5.96. The first-order valence-corrected chi connectivity index (χ1v) is 6.34. The zero-order valence-corrected chi connectivity index (χ0v) is 11.3. The van der Waals surface area contributed by atoms with Gasteiger partial charge >= 0.3 is 0 Å². The molecule has 98 valence electrons. The summed E-state index contributed by atoms with van der Waals surface area (Å²) in [6.45, 7) is 3.94. The average molecular weight is 269 g/mol. The number of halogens is 1. The molecule has 1 aliphatic rings. The van der Waals surface area contributed by atoms with Gasteiger partial charge < -0.3 is 15.0 Å². The van der Waals surface area contributed by atoms with Gasteiger partial charge in [0.25, 0.3) is 0 Å². The minimum Gasteiger partial charge on any atom is -0.496 e. The number of carbonyl (C=O) groups is 1. The molecule has 1 unspecified atom stereocenters. The maximum Gasteiger partial charge on any atom is 0.239 e. The molecule has 1 amide bonds. The quantitative estimate of drug-likeness (QED) is 0.907. The van der Waals surface area contributed by atoms with Crippen LogP contribution in [-0.2, 0) is 11.3 Å². The number of nitrogens with zero attached hydrogens (tertiary/aromatic N) is 1. The van der Waals surface area contributed by atoms with E-state index >= 15 is 0 Å². The van der Waals surface area contributed by atoms with Gasteiger partial charge in [0, 0.05) is 30.2 Å². The Morgan fingerprint density at radius 3 is 3.06 bits per heavy atom. The maximum absolute atomic E-state index is 12.0. The van der Waals surface area contributed by atoms with E-state index in [9.17, 15) is 4.79 Å². The second kappa shape index (κ2) is 5.59. The van der Waals surface area contributed by atoms with Gasteiger partial charge in [-0.25, -0.2) is 0 Å². The summed E-state index contributed by atoms with van der Waals surface area (Å²) in [5.41, 5.74) is 0.937. The second-order valence-corrected chi connectivity index (χ2v) is 4.83. The van der Waals surface area contributed by atoms with Crippen LogP contribution in [0.25, 0.3) is 0 Å². The lowest BCUT2D eigenvalue weighted by Crippen LogP contribution is -2.53. The van der Waals surface area contributed by atoms with Gasteiger partial charge in [-0.2, -0.15) is 0 Å². The lowest BCUT2D eigenvalue weighted by molar-refractivity contribution is -0.135. The maximum atomic E-state index is 12.0. The van der Waals surface area contributed by atoms with Gasteiger partial charge in [0.05, 0.1) is 13.2 Å². The highest BCUT2D eigenvalue weighted by Gasteiger charge is 2.25. The summed E-state index contributed by atoms with van der Waals surface area (Å²) < 4.78 is 5.29. The Hall–Kier alpha value is -1.26. The Balaban J connectivity index is 2.17. The molecule has 1 fully saturated rings. The molecule has 0 aliphatic carbocycles. The largest absolute Gasteiger partial charge is 0.496 e. The molecule has 0 spiro atoms. The summed E-state index contributed by atoms with van der Waals surface area (Å²) in [5.74, 6) is 0.877. The fourth-order valence-electron chi connectivity index (χ4n) is 2.12. The van der Waals surface area contributed by atoms with Gasteiger partial charge in [0.15, 0.2) is 0 Å². The zero-order chi connectivity index (χ0) is 13.1. The van der Waals surface area contributed by atoms with Crippen LogP contribution < -0.4 is 10.1 Å². The molecule has 1 heterocycles. The minimum atomic E-state index is -0.121. The van der Waals surface area contributed by atoms with Crippen LogP contribution in [0.1, 0.15) is 12.5 Å². The van der Waals surface area contributed by atoms with Crippen molar-refractivity contribution in [2.75, 3.05) is 20.2 Å². The van der Waals surface area contributed by atoms with E-state index in [1.165, 1.54) is 0 Å². The zero-order valence-electron chi connectivity index (χ0n) is 10.6. The Labute approximate surface area is 112 Å². The van der Waals surface area contributed by atoms with Crippen molar-refractivity contribution in [1.29, 1.82) is 0 Å². The average Bonchev–Trinajstić information content (AvgIpc) is 2.35. The van der Waals surface area contributed by atoms with Crippen LogP contribution in [0.4, 0.5) is 0 Å². The normalized spacial score (nSPS) is 20.1. The van der Waals surface area contributed by atoms with Crippen molar-refractivity contribution in [3.8, 4) is 5.75 Å². The summed E-state index contributed by atoms with van der Waals surface area (Å²) in [6, 6.07) is 5.34. The van der Waals surface area contributed by atoms with Crippen LogP contribution in [0.15, 0.2) is 18.2 Å². The smallest absolute Gasteiger partial charge is 0.239 e. The van der Waals surface area contributed by atoms with Crippen LogP contribution in [-0.4, -0.2) is 37.0 Å². The van der Waals surface area contributed by atoms with Gasteiger partial charge in [-0.05, 0) is 25.1 Å². The number of hydrogen-bond acceptors (Lipinski definition) is 3. The van der Waals surface area contributed by atoms with Gasteiger partial charge in [-0.15, -0.1) is 0 Å². The number of carbonyl (C=O) groups excluding carboxylic acids is 1. The van der Waals surface area contributed by atoms with E-state index in [1.54, 1.807) is 13.2 Å². The number of amides is 1. The third kappa shape index (κ3) is 2.76. The highest BCUT2D eigenvalue weighted by atomic mass is 35.5. The molecule has 1 aromatic carbocycles. The molecule has 0 saturated carbocycles. The van der Waals surface area contributed by atoms with E-state index in [0.717, 1.165) is 17.9 Å². The lowest BCUT2D eigenvalue weighted by Gasteiger charge is -2.31. The van der Waals surface area contributed by atoms with Crippen LogP contribution in [0.2, 0.25) is 5.02 Å². The first-order chi connectivity index (χ1) is 8.61. The molecule has 2 rings (SSSR count). The highest BCUT2D eigenvalue weighted by Crippen LogP contribution is 2.24. The third-order valence-corrected chi connectivity index (χ3v) is 3.35. The molecule has 5 heteroatoms. The topological polar surface area (TPSA) is 41.6 Å². The van der Waals surface area contributed by atoms with E-state index in [0.29, 0.717) is 18.1 Å². The summed E-state index contributed by atoms with van der Waals surface area (Å²) in [4.78, 5) is 13.8. The molecule has 1 aliphatic heterocycles. The van der Waals surface area contributed by atoms with Gasteiger partial charge in [0.1, 0.15) is 5.75 Å². The fourth-order valence-corrected chi connectivity index (χ4v) is 2.32. The van der Waals surface area contributed by atoms with Crippen molar-refractivity contribution in [2.24, 2.45) is 0 Å². The van der Waals surface area contributed by atoms with Crippen molar-refractivity contribution in [2.45, 2.75) is 19.5 Å². The number of nitrogens with one attached hydrogen (secondary N) is 1. The van der Waals surface area contributed by atoms with Crippen LogP contribution >= 0.6 is 11.6 Å². The molecule has 1 aromatic rings. The predicted octanol–water partition coefficient (Wildman–Crippen LogP) is 1.67. The standard InChI is InChI=1S/C13H17ClN2O2/c1-9-13(17)16(6-5-15-9)8-10-7-11(14)3-4-12(10)18-2/h3-4,7,9,15H,5-6,8H2,1-2H3. The molecule has 4 nitrogen and oxygen atoms in total. The van der Waals surface area contributed by atoms with Gasteiger partial charge in [0.2, 0.25) is 5.91 Å². The number of rotatable bonds is 3. The highest BCUT2D eigenvalue weighted by molar-refractivity contribution is 6.30. The van der Waals surface area contributed by atoms with E-state index in [2.05, 4.69) is 5.32 Å². The number of piperazine rings is 1. The number of benzene rings is 1. The van der Waals surface area contributed by atoms with Gasteiger partial charge in [-0.3, -0.25) is 4.79 Å². The fraction of sp³-hybridized carbons (Fsp3) is 0.462. The van der Waals surface area contributed by atoms with Crippen LogP contribution in [0, 0.1) is 0 Å². The van der Waals surface area contributed by atoms with Crippen molar-refractivity contribution < 1.29 is 9.53 Å². The minimum absolute atomic E-state index is 0.114. The van der Waals surface area contributed by atoms with Gasteiger partial charge in [-0.1, -0.05) is 11.6 Å². The van der Waals surface area contributed by atoms with E-state index in [4.69, 9.17) is 16.3 Å². The molecule has 0 bridgehead atoms. The lowest BCUT2D eigenvalue weighted by atomic mass is 10.1. The van der Waals surface area contributed by atoms with E-state index < -0.39 is 0 Å². The Kier molecular flexibility index (Phi) is 4.09. The summed E-state index contributed by atoms with van der Waals surface area (Å²) in [6.07, 6.45) is 0. The molecule has 1 atom stereocenters. The number of methoxy groups -OCH3 is 1. The molecule has 0 radical (unpaired) electrons. The molecule has 1 saturated heterocycles. The molecule has 1 N–H and O–H groups in total. The Bertz CT molecular complexity index is 451. The first kappa shape index (κ1) is 13.2. The molecular formula is C13H17ClN2O2. The van der Waals surface area contributed by atoms with Crippen molar-refractivity contribution in [3.63, 3.8) is 0 Å². The Morgan fingerprint density at radius 1 is 1.56 bits per heavy atom. The predicted molar refractivity (Wildman–Crippen MR) is 70.9 cm³/mol. The molecule has 18 heavy (non-hydrogen) atoms. The van der Waals surface area contributed by atoms with Crippen molar-refractivity contribution >= 4 is 17.5 Å². The Morgan fingerprint density at radius 2 is 2.33 bits per heavy atom. The summed E-state index contributed by atoms with van der Waals surface area (Å²) in [7, 11) is 1.62. The van der Waals surface area contributed by atoms with Crippen molar-refractivity contribution in [3.05, 3.63) is 28.8 Å². The third-order valence-electron chi connectivity index (χ3n) is 3.12. The molecular weight excluding hydrogens is 252 g/mol. The summed E-state index contributed by atoms with van der Waals surface area (Å²) >= 11 is 5.99. The van der Waals surface area contributed by atoms with E-state index in [1.807, 2.05) is 24.0 Å². The van der Waals surface area contributed by atoms with E-state index in [-0.39, 0.29) is 11.9 Å². The SMILES string of the molecule is COc1ccc(Cl)cc1CN1CCNC(C)C1=O. The number of ether oxygens (including phenoxy) is 1. The van der Waals surface area contributed by atoms with Crippen molar-refractivity contribution in [1.82, 2.24) is 10.2 Å². The van der Waals surface area contributed by atoms with Crippen LogP contribution in [0.5, 0.6) is 5.75 Å². The second-order valence-electron chi connectivity index (χ2n) is 4.39. The molecule has 0 aromatic heterocycles.